The summed E-state index contributed by atoms with van der Waals surface area (Å²) in [6.07, 6.45) is 3.23. The molecular weight excluding hydrogens is 184 g/mol. The molecular formula is C14H22O. The van der Waals surface area contributed by atoms with Gasteiger partial charge in [0.05, 0.1) is 0 Å². The molecule has 0 radical (unpaired) electrons. The monoisotopic (exact) mass is 206 g/mol. The van der Waals surface area contributed by atoms with Crippen molar-refractivity contribution in [2.75, 3.05) is 6.61 Å². The van der Waals surface area contributed by atoms with Crippen LogP contribution in [0.25, 0.3) is 0 Å². The molecule has 0 aliphatic heterocycles. The summed E-state index contributed by atoms with van der Waals surface area (Å²) in [6, 6.07) is 6.71. The molecule has 0 spiro atoms. The zero-order valence-electron chi connectivity index (χ0n) is 10.1. The van der Waals surface area contributed by atoms with Gasteiger partial charge in [-0.1, -0.05) is 42.7 Å². The largest absolute Gasteiger partial charge is 0.396 e. The standard InChI is InChI=1S/C14H22O/c1-4-5-13(6-7-15)14-9-11(2)8-12(3)10-14/h8-10,13,15H,4-7H2,1-3H3. The van der Waals surface area contributed by atoms with Crippen LogP contribution in [-0.2, 0) is 0 Å². The van der Waals surface area contributed by atoms with Crippen LogP contribution in [0.5, 0.6) is 0 Å². The van der Waals surface area contributed by atoms with E-state index in [0.717, 1.165) is 6.42 Å². The van der Waals surface area contributed by atoms with E-state index < -0.39 is 0 Å². The third-order valence-corrected chi connectivity index (χ3v) is 2.83. The van der Waals surface area contributed by atoms with Crippen molar-refractivity contribution in [2.45, 2.75) is 46.0 Å². The second-order valence-corrected chi connectivity index (χ2v) is 4.42. The summed E-state index contributed by atoms with van der Waals surface area (Å²) in [5.74, 6) is 0.526. The molecule has 0 amide bonds. The SMILES string of the molecule is CCCC(CCO)c1cc(C)cc(C)c1. The first kappa shape index (κ1) is 12.3. The molecule has 1 aromatic carbocycles. The minimum atomic E-state index is 0.289. The maximum atomic E-state index is 9.06. The van der Waals surface area contributed by atoms with Crippen LogP contribution in [-0.4, -0.2) is 11.7 Å². The van der Waals surface area contributed by atoms with E-state index in [1.54, 1.807) is 0 Å². The maximum Gasteiger partial charge on any atom is 0.0436 e. The highest BCUT2D eigenvalue weighted by molar-refractivity contribution is 5.30. The quantitative estimate of drug-likeness (QED) is 0.781. The van der Waals surface area contributed by atoms with E-state index in [1.807, 2.05) is 0 Å². The lowest BCUT2D eigenvalue weighted by molar-refractivity contribution is 0.272. The van der Waals surface area contributed by atoms with Gasteiger partial charge in [0.2, 0.25) is 0 Å². The summed E-state index contributed by atoms with van der Waals surface area (Å²) in [5, 5.41) is 9.06. The molecule has 0 aliphatic rings. The average Bonchev–Trinajstić information content (AvgIpc) is 2.16. The third-order valence-electron chi connectivity index (χ3n) is 2.83. The van der Waals surface area contributed by atoms with Crippen molar-refractivity contribution < 1.29 is 5.11 Å². The molecule has 1 N–H and O–H groups in total. The topological polar surface area (TPSA) is 20.2 Å². The summed E-state index contributed by atoms with van der Waals surface area (Å²) in [6.45, 7) is 6.77. The van der Waals surface area contributed by atoms with Gasteiger partial charge in [-0.3, -0.25) is 0 Å². The second kappa shape index (κ2) is 5.92. The van der Waals surface area contributed by atoms with Gasteiger partial charge >= 0.3 is 0 Å². The van der Waals surface area contributed by atoms with Crippen LogP contribution in [0.4, 0.5) is 0 Å². The molecule has 0 saturated heterocycles. The second-order valence-electron chi connectivity index (χ2n) is 4.42. The van der Waals surface area contributed by atoms with E-state index in [4.69, 9.17) is 5.11 Å². The predicted molar refractivity (Wildman–Crippen MR) is 65.3 cm³/mol. The molecule has 1 aromatic rings. The molecule has 0 aliphatic carbocycles. The van der Waals surface area contributed by atoms with Crippen LogP contribution in [0, 0.1) is 13.8 Å². The molecule has 1 atom stereocenters. The average molecular weight is 206 g/mol. The lowest BCUT2D eigenvalue weighted by atomic mass is 9.90. The molecule has 0 fully saturated rings. The molecule has 1 nitrogen and oxygen atoms in total. The molecule has 1 rings (SSSR count). The van der Waals surface area contributed by atoms with Crippen LogP contribution < -0.4 is 0 Å². The van der Waals surface area contributed by atoms with Gasteiger partial charge in [0.25, 0.3) is 0 Å². The Morgan fingerprint density at radius 1 is 1.07 bits per heavy atom. The van der Waals surface area contributed by atoms with Crippen LogP contribution in [0.2, 0.25) is 0 Å². The summed E-state index contributed by atoms with van der Waals surface area (Å²) in [5.41, 5.74) is 4.04. The van der Waals surface area contributed by atoms with E-state index in [1.165, 1.54) is 29.5 Å². The van der Waals surface area contributed by atoms with E-state index >= 15 is 0 Å². The van der Waals surface area contributed by atoms with Gasteiger partial charge in [-0.15, -0.1) is 0 Å². The van der Waals surface area contributed by atoms with Crippen LogP contribution in [0.15, 0.2) is 18.2 Å². The number of aliphatic hydroxyl groups is 1. The smallest absolute Gasteiger partial charge is 0.0436 e. The number of hydrogen-bond acceptors (Lipinski definition) is 1. The minimum absolute atomic E-state index is 0.289. The molecule has 1 unspecified atom stereocenters. The first-order chi connectivity index (χ1) is 7.17. The molecule has 0 aromatic heterocycles. The van der Waals surface area contributed by atoms with Gasteiger partial charge in [-0.2, -0.15) is 0 Å². The minimum Gasteiger partial charge on any atom is -0.396 e. The summed E-state index contributed by atoms with van der Waals surface area (Å²) in [7, 11) is 0. The summed E-state index contributed by atoms with van der Waals surface area (Å²) >= 11 is 0. The van der Waals surface area contributed by atoms with Gasteiger partial charge in [-0.25, -0.2) is 0 Å². The Balaban J connectivity index is 2.88. The molecule has 1 heteroatoms. The Bertz CT molecular complexity index is 278. The van der Waals surface area contributed by atoms with E-state index in [0.29, 0.717) is 5.92 Å². The normalized spacial score (nSPS) is 12.8. The van der Waals surface area contributed by atoms with Crippen molar-refractivity contribution in [3.05, 3.63) is 34.9 Å². The van der Waals surface area contributed by atoms with Gasteiger partial charge in [0.15, 0.2) is 0 Å². The van der Waals surface area contributed by atoms with Crippen LogP contribution >= 0.6 is 0 Å². The maximum absolute atomic E-state index is 9.06. The van der Waals surface area contributed by atoms with Crippen molar-refractivity contribution in [1.29, 1.82) is 0 Å². The van der Waals surface area contributed by atoms with E-state index in [-0.39, 0.29) is 6.61 Å². The Morgan fingerprint density at radius 3 is 2.13 bits per heavy atom. The van der Waals surface area contributed by atoms with Crippen molar-refractivity contribution >= 4 is 0 Å². The molecule has 0 saturated carbocycles. The van der Waals surface area contributed by atoms with Crippen molar-refractivity contribution in [3.63, 3.8) is 0 Å². The van der Waals surface area contributed by atoms with Crippen molar-refractivity contribution in [2.24, 2.45) is 0 Å². The third kappa shape index (κ3) is 3.67. The lowest BCUT2D eigenvalue weighted by Gasteiger charge is -2.16. The zero-order chi connectivity index (χ0) is 11.3. The van der Waals surface area contributed by atoms with Gasteiger partial charge in [-0.05, 0) is 38.2 Å². The highest BCUT2D eigenvalue weighted by Crippen LogP contribution is 2.26. The van der Waals surface area contributed by atoms with Gasteiger partial charge in [0.1, 0.15) is 0 Å². The first-order valence-corrected chi connectivity index (χ1v) is 5.86. The Labute approximate surface area is 93.1 Å². The Hall–Kier alpha value is -0.820. The fourth-order valence-corrected chi connectivity index (χ4v) is 2.23. The Morgan fingerprint density at radius 2 is 1.67 bits per heavy atom. The molecule has 84 valence electrons. The first-order valence-electron chi connectivity index (χ1n) is 5.86. The highest BCUT2D eigenvalue weighted by atomic mass is 16.3. The van der Waals surface area contributed by atoms with Crippen molar-refractivity contribution in [3.8, 4) is 0 Å². The van der Waals surface area contributed by atoms with Crippen molar-refractivity contribution in [1.82, 2.24) is 0 Å². The number of aryl methyl sites for hydroxylation is 2. The fourth-order valence-electron chi connectivity index (χ4n) is 2.23. The number of aliphatic hydroxyl groups excluding tert-OH is 1. The predicted octanol–water partition coefficient (Wildman–Crippen LogP) is 3.57. The summed E-state index contributed by atoms with van der Waals surface area (Å²) < 4.78 is 0. The highest BCUT2D eigenvalue weighted by Gasteiger charge is 2.10. The van der Waals surface area contributed by atoms with Gasteiger partial charge < -0.3 is 5.11 Å². The Kier molecular flexibility index (Phi) is 4.83. The molecule has 0 heterocycles. The lowest BCUT2D eigenvalue weighted by Crippen LogP contribution is -2.02. The summed E-state index contributed by atoms with van der Waals surface area (Å²) in [4.78, 5) is 0. The molecule has 15 heavy (non-hydrogen) atoms. The van der Waals surface area contributed by atoms with E-state index in [2.05, 4.69) is 39.0 Å². The van der Waals surface area contributed by atoms with Crippen LogP contribution in [0.1, 0.15) is 48.8 Å². The van der Waals surface area contributed by atoms with E-state index in [9.17, 15) is 0 Å². The number of benzene rings is 1. The van der Waals surface area contributed by atoms with Gasteiger partial charge in [0, 0.05) is 6.61 Å². The zero-order valence-corrected chi connectivity index (χ0v) is 10.1. The fraction of sp³-hybridized carbons (Fsp3) is 0.571. The molecule has 0 bridgehead atoms. The van der Waals surface area contributed by atoms with Crippen LogP contribution in [0.3, 0.4) is 0 Å². The number of rotatable bonds is 5. The number of hydrogen-bond donors (Lipinski definition) is 1.